The molecule has 1 amide bonds. The molecular formula is C16H20N2O5. The van der Waals surface area contributed by atoms with Crippen molar-refractivity contribution < 1.29 is 24.5 Å². The fourth-order valence-electron chi connectivity index (χ4n) is 2.32. The summed E-state index contributed by atoms with van der Waals surface area (Å²) < 4.78 is 4.65. The molecule has 7 heteroatoms. The first-order chi connectivity index (χ1) is 10.9. The van der Waals surface area contributed by atoms with E-state index in [4.69, 9.17) is 0 Å². The Balaban J connectivity index is 2.12. The van der Waals surface area contributed by atoms with Gasteiger partial charge in [0.15, 0.2) is 0 Å². The molecule has 2 aromatic rings. The summed E-state index contributed by atoms with van der Waals surface area (Å²) in [6.45, 7) is 1.67. The SMILES string of the molecule is COC(=O)c1cc2ccc(C(O)C(O)CCNC(C)=O)cc2[nH]1. The number of esters is 1. The van der Waals surface area contributed by atoms with E-state index in [9.17, 15) is 19.8 Å². The molecule has 1 aromatic heterocycles. The van der Waals surface area contributed by atoms with Crippen LogP contribution in [0.4, 0.5) is 0 Å². The zero-order valence-electron chi connectivity index (χ0n) is 13.0. The van der Waals surface area contributed by atoms with Crippen LogP contribution in [-0.4, -0.2) is 46.8 Å². The molecule has 0 fully saturated rings. The molecule has 0 saturated carbocycles. The Kier molecular flexibility index (Phi) is 5.36. The van der Waals surface area contributed by atoms with Crippen LogP contribution in [0.15, 0.2) is 24.3 Å². The van der Waals surface area contributed by atoms with Crippen molar-refractivity contribution in [3.8, 4) is 0 Å². The van der Waals surface area contributed by atoms with Gasteiger partial charge >= 0.3 is 5.97 Å². The van der Waals surface area contributed by atoms with Crippen molar-refractivity contribution >= 4 is 22.8 Å². The Labute approximate surface area is 133 Å². The van der Waals surface area contributed by atoms with Gasteiger partial charge in [-0.15, -0.1) is 0 Å². The lowest BCUT2D eigenvalue weighted by Crippen LogP contribution is -2.27. The number of hydrogen-bond donors (Lipinski definition) is 4. The molecule has 0 aliphatic rings. The number of ether oxygens (including phenoxy) is 1. The number of aliphatic hydroxyl groups excluding tert-OH is 2. The molecule has 2 unspecified atom stereocenters. The zero-order chi connectivity index (χ0) is 17.0. The maximum absolute atomic E-state index is 11.5. The third-order valence-electron chi connectivity index (χ3n) is 3.57. The number of aromatic nitrogens is 1. The van der Waals surface area contributed by atoms with Crippen molar-refractivity contribution in [3.63, 3.8) is 0 Å². The smallest absolute Gasteiger partial charge is 0.354 e. The Morgan fingerprint density at radius 3 is 2.70 bits per heavy atom. The fraction of sp³-hybridized carbons (Fsp3) is 0.375. The zero-order valence-corrected chi connectivity index (χ0v) is 13.0. The van der Waals surface area contributed by atoms with Crippen molar-refractivity contribution in [2.45, 2.75) is 25.6 Å². The van der Waals surface area contributed by atoms with E-state index in [1.165, 1.54) is 14.0 Å². The number of aromatic amines is 1. The van der Waals surface area contributed by atoms with E-state index >= 15 is 0 Å². The summed E-state index contributed by atoms with van der Waals surface area (Å²) >= 11 is 0. The molecule has 0 spiro atoms. The average molecular weight is 320 g/mol. The molecule has 124 valence electrons. The van der Waals surface area contributed by atoms with Crippen molar-refractivity contribution in [1.82, 2.24) is 10.3 Å². The summed E-state index contributed by atoms with van der Waals surface area (Å²) in [4.78, 5) is 25.2. The van der Waals surface area contributed by atoms with Gasteiger partial charge in [-0.1, -0.05) is 12.1 Å². The number of benzene rings is 1. The van der Waals surface area contributed by atoms with Crippen LogP contribution in [0.25, 0.3) is 10.9 Å². The highest BCUT2D eigenvalue weighted by atomic mass is 16.5. The van der Waals surface area contributed by atoms with Gasteiger partial charge in [0, 0.05) is 24.4 Å². The van der Waals surface area contributed by atoms with Crippen LogP contribution >= 0.6 is 0 Å². The molecule has 0 aliphatic carbocycles. The predicted molar refractivity (Wildman–Crippen MR) is 83.9 cm³/mol. The molecule has 0 radical (unpaired) electrons. The Hall–Kier alpha value is -2.38. The third-order valence-corrected chi connectivity index (χ3v) is 3.57. The monoisotopic (exact) mass is 320 g/mol. The van der Waals surface area contributed by atoms with E-state index in [-0.39, 0.29) is 18.9 Å². The molecule has 0 aliphatic heterocycles. The first-order valence-electron chi connectivity index (χ1n) is 7.24. The van der Waals surface area contributed by atoms with Gasteiger partial charge in [0.1, 0.15) is 11.8 Å². The molecule has 23 heavy (non-hydrogen) atoms. The lowest BCUT2D eigenvalue weighted by molar-refractivity contribution is -0.119. The molecule has 1 heterocycles. The van der Waals surface area contributed by atoms with E-state index < -0.39 is 18.2 Å². The van der Waals surface area contributed by atoms with Crippen LogP contribution < -0.4 is 5.32 Å². The molecule has 4 N–H and O–H groups in total. The summed E-state index contributed by atoms with van der Waals surface area (Å²) in [5, 5.41) is 23.6. The number of fused-ring (bicyclic) bond motifs is 1. The highest BCUT2D eigenvalue weighted by Gasteiger charge is 2.19. The average Bonchev–Trinajstić information content (AvgIpc) is 2.95. The fourth-order valence-corrected chi connectivity index (χ4v) is 2.32. The van der Waals surface area contributed by atoms with Crippen LogP contribution in [0.1, 0.15) is 35.5 Å². The molecule has 0 bridgehead atoms. The maximum atomic E-state index is 11.5. The van der Waals surface area contributed by atoms with Gasteiger partial charge in [-0.2, -0.15) is 0 Å². The number of rotatable bonds is 6. The molecule has 2 atom stereocenters. The van der Waals surface area contributed by atoms with Crippen LogP contribution in [-0.2, 0) is 9.53 Å². The van der Waals surface area contributed by atoms with E-state index in [2.05, 4.69) is 15.0 Å². The first-order valence-corrected chi connectivity index (χ1v) is 7.24. The van der Waals surface area contributed by atoms with Gasteiger partial charge in [-0.25, -0.2) is 4.79 Å². The van der Waals surface area contributed by atoms with E-state index in [1.807, 2.05) is 0 Å². The number of hydrogen-bond acceptors (Lipinski definition) is 5. The van der Waals surface area contributed by atoms with Crippen LogP contribution in [0.3, 0.4) is 0 Å². The Morgan fingerprint density at radius 1 is 1.30 bits per heavy atom. The minimum Gasteiger partial charge on any atom is -0.464 e. The normalized spacial score (nSPS) is 13.6. The van der Waals surface area contributed by atoms with E-state index in [0.717, 1.165) is 5.39 Å². The van der Waals surface area contributed by atoms with Crippen molar-refractivity contribution in [2.24, 2.45) is 0 Å². The minimum absolute atomic E-state index is 0.185. The number of carbonyl (C=O) groups is 2. The quantitative estimate of drug-likeness (QED) is 0.590. The number of carbonyl (C=O) groups excluding carboxylic acids is 2. The lowest BCUT2D eigenvalue weighted by atomic mass is 10.0. The van der Waals surface area contributed by atoms with Gasteiger partial charge in [-0.3, -0.25) is 4.79 Å². The number of methoxy groups -OCH3 is 1. The van der Waals surface area contributed by atoms with Gasteiger partial charge in [0.2, 0.25) is 5.91 Å². The van der Waals surface area contributed by atoms with Gasteiger partial charge in [-0.05, 0) is 24.1 Å². The molecular weight excluding hydrogens is 300 g/mol. The van der Waals surface area contributed by atoms with Crippen molar-refractivity contribution in [2.75, 3.05) is 13.7 Å². The van der Waals surface area contributed by atoms with Crippen LogP contribution in [0.2, 0.25) is 0 Å². The summed E-state index contributed by atoms with van der Waals surface area (Å²) in [5.41, 5.74) is 1.50. The maximum Gasteiger partial charge on any atom is 0.354 e. The predicted octanol–water partition coefficient (Wildman–Crippen LogP) is 0.875. The van der Waals surface area contributed by atoms with E-state index in [1.54, 1.807) is 24.3 Å². The molecule has 7 nitrogen and oxygen atoms in total. The Morgan fingerprint density at radius 2 is 2.04 bits per heavy atom. The van der Waals surface area contributed by atoms with Gasteiger partial charge < -0.3 is 25.3 Å². The molecule has 0 saturated heterocycles. The second-order valence-corrected chi connectivity index (χ2v) is 5.31. The highest BCUT2D eigenvalue weighted by Crippen LogP contribution is 2.24. The summed E-state index contributed by atoms with van der Waals surface area (Å²) in [5.74, 6) is -0.659. The molecule has 1 aromatic carbocycles. The van der Waals surface area contributed by atoms with Gasteiger partial charge in [0.05, 0.1) is 13.2 Å². The summed E-state index contributed by atoms with van der Waals surface area (Å²) in [7, 11) is 1.30. The van der Waals surface area contributed by atoms with E-state index in [0.29, 0.717) is 16.8 Å². The largest absolute Gasteiger partial charge is 0.464 e. The first kappa shape index (κ1) is 17.0. The minimum atomic E-state index is -1.09. The Bertz CT molecular complexity index is 710. The standard InChI is InChI=1S/C16H20N2O5/c1-9(19)17-6-5-14(20)15(21)11-4-3-10-7-13(16(22)23-2)18-12(10)8-11/h3-4,7-8,14-15,18,20-21H,5-6H2,1-2H3,(H,17,19). The number of aliphatic hydroxyl groups is 2. The highest BCUT2D eigenvalue weighted by molar-refractivity contribution is 5.94. The lowest BCUT2D eigenvalue weighted by Gasteiger charge is -2.18. The van der Waals surface area contributed by atoms with Crippen molar-refractivity contribution in [1.29, 1.82) is 0 Å². The number of amides is 1. The number of H-pyrrole nitrogens is 1. The van der Waals surface area contributed by atoms with Crippen LogP contribution in [0, 0.1) is 0 Å². The second kappa shape index (κ2) is 7.26. The van der Waals surface area contributed by atoms with Crippen LogP contribution in [0.5, 0.6) is 0 Å². The second-order valence-electron chi connectivity index (χ2n) is 5.31. The van der Waals surface area contributed by atoms with Crippen molar-refractivity contribution in [3.05, 3.63) is 35.5 Å². The summed E-state index contributed by atoms with van der Waals surface area (Å²) in [6.07, 6.45) is -1.86. The van der Waals surface area contributed by atoms with Gasteiger partial charge in [0.25, 0.3) is 0 Å². The topological polar surface area (TPSA) is 112 Å². The third kappa shape index (κ3) is 4.08. The number of nitrogens with one attached hydrogen (secondary N) is 2. The summed E-state index contributed by atoms with van der Waals surface area (Å²) in [6, 6.07) is 6.76. The molecule has 2 rings (SSSR count).